The minimum absolute atomic E-state index is 0.206. The molecule has 0 saturated heterocycles. The quantitative estimate of drug-likeness (QED) is 0.387. The fraction of sp³-hybridized carbons (Fsp3) is 0.588. The van der Waals surface area contributed by atoms with Crippen LogP contribution in [0.2, 0.25) is 6.32 Å². The van der Waals surface area contributed by atoms with E-state index in [9.17, 15) is 0 Å². The Morgan fingerprint density at radius 3 is 2.29 bits per heavy atom. The molecule has 0 radical (unpaired) electrons. The molecule has 0 aliphatic heterocycles. The SMILES string of the molecule is NC(CCCCB(O)O)CCNC1Cc2ccccc2C1.O=C=O. The summed E-state index contributed by atoms with van der Waals surface area (Å²) in [7, 11) is -1.17. The third kappa shape index (κ3) is 8.38. The topological polar surface area (TPSA) is 113 Å². The number of rotatable bonds is 9. The molecule has 0 spiro atoms. The van der Waals surface area contributed by atoms with Crippen molar-refractivity contribution in [3.05, 3.63) is 35.4 Å². The smallest absolute Gasteiger partial charge is 0.427 e. The maximum absolute atomic E-state index is 8.77. The van der Waals surface area contributed by atoms with Gasteiger partial charge < -0.3 is 21.1 Å². The number of nitrogens with one attached hydrogen (secondary N) is 1. The first-order valence-electron chi connectivity index (χ1n) is 8.48. The van der Waals surface area contributed by atoms with Gasteiger partial charge in [-0.15, -0.1) is 0 Å². The molecule has 5 N–H and O–H groups in total. The first-order chi connectivity index (χ1) is 11.6. The van der Waals surface area contributed by atoms with Gasteiger partial charge in [-0.05, 0) is 49.7 Å². The third-order valence-electron chi connectivity index (χ3n) is 4.29. The second-order valence-electron chi connectivity index (χ2n) is 6.23. The molecule has 6 nitrogen and oxygen atoms in total. The van der Waals surface area contributed by atoms with Crippen molar-refractivity contribution in [2.45, 2.75) is 56.9 Å². The van der Waals surface area contributed by atoms with Crippen LogP contribution in [0, 0.1) is 0 Å². The Morgan fingerprint density at radius 2 is 1.75 bits per heavy atom. The van der Waals surface area contributed by atoms with Crippen molar-refractivity contribution in [1.29, 1.82) is 0 Å². The molecule has 1 atom stereocenters. The minimum atomic E-state index is -1.17. The number of fused-ring (bicyclic) bond motifs is 1. The molecule has 1 aliphatic carbocycles. The van der Waals surface area contributed by atoms with Gasteiger partial charge in [-0.25, -0.2) is 0 Å². The van der Waals surface area contributed by atoms with E-state index in [1.165, 1.54) is 11.1 Å². The molecule has 2 rings (SSSR count). The van der Waals surface area contributed by atoms with Gasteiger partial charge in [0.25, 0.3) is 0 Å². The van der Waals surface area contributed by atoms with E-state index in [0.29, 0.717) is 12.4 Å². The largest absolute Gasteiger partial charge is 0.451 e. The van der Waals surface area contributed by atoms with E-state index in [0.717, 1.165) is 45.1 Å². The molecule has 7 heteroatoms. The maximum atomic E-state index is 8.77. The van der Waals surface area contributed by atoms with Crippen LogP contribution in [0.3, 0.4) is 0 Å². The van der Waals surface area contributed by atoms with Crippen molar-refractivity contribution in [2.75, 3.05) is 6.54 Å². The van der Waals surface area contributed by atoms with E-state index in [2.05, 4.69) is 29.6 Å². The lowest BCUT2D eigenvalue weighted by molar-refractivity contribution is -0.191. The van der Waals surface area contributed by atoms with Gasteiger partial charge in [-0.1, -0.05) is 37.1 Å². The van der Waals surface area contributed by atoms with Gasteiger partial charge in [0.2, 0.25) is 0 Å². The highest BCUT2D eigenvalue weighted by Crippen LogP contribution is 2.21. The molecule has 132 valence electrons. The number of nitrogens with two attached hydrogens (primary N) is 1. The Hall–Kier alpha value is -1.50. The Kier molecular flexibility index (Phi) is 10.2. The number of benzene rings is 1. The fourth-order valence-electron chi connectivity index (χ4n) is 3.05. The van der Waals surface area contributed by atoms with E-state index in [-0.39, 0.29) is 12.2 Å². The Balaban J connectivity index is 0.000000891. The van der Waals surface area contributed by atoms with Crippen molar-refractivity contribution in [1.82, 2.24) is 5.32 Å². The zero-order valence-electron chi connectivity index (χ0n) is 14.0. The summed E-state index contributed by atoms with van der Waals surface area (Å²) in [5.74, 6) is 0. The average molecular weight is 334 g/mol. The highest BCUT2D eigenvalue weighted by Gasteiger charge is 2.20. The van der Waals surface area contributed by atoms with E-state index in [4.69, 9.17) is 25.4 Å². The molecule has 1 unspecified atom stereocenters. The molecule has 24 heavy (non-hydrogen) atoms. The number of hydrogen-bond donors (Lipinski definition) is 4. The summed E-state index contributed by atoms with van der Waals surface area (Å²) < 4.78 is 0. The third-order valence-corrected chi connectivity index (χ3v) is 4.29. The summed E-state index contributed by atoms with van der Waals surface area (Å²) in [5.41, 5.74) is 9.04. The second-order valence-corrected chi connectivity index (χ2v) is 6.23. The lowest BCUT2D eigenvalue weighted by Crippen LogP contribution is -2.34. The molecular formula is C17H27BN2O4. The number of carbonyl (C=O) groups excluding carboxylic acids is 2. The monoisotopic (exact) mass is 334 g/mol. The van der Waals surface area contributed by atoms with Crippen molar-refractivity contribution in [2.24, 2.45) is 5.73 Å². The molecule has 0 amide bonds. The summed E-state index contributed by atoms with van der Waals surface area (Å²) in [4.78, 5) is 16.2. The normalized spacial score (nSPS) is 14.3. The van der Waals surface area contributed by atoms with Gasteiger partial charge in [-0.3, -0.25) is 0 Å². The average Bonchev–Trinajstić information content (AvgIpc) is 2.95. The van der Waals surface area contributed by atoms with Crippen LogP contribution in [0.4, 0.5) is 0 Å². The molecular weight excluding hydrogens is 307 g/mol. The molecule has 0 aromatic heterocycles. The van der Waals surface area contributed by atoms with E-state index < -0.39 is 7.12 Å². The minimum Gasteiger partial charge on any atom is -0.427 e. The van der Waals surface area contributed by atoms with Gasteiger partial charge in [0.1, 0.15) is 0 Å². The van der Waals surface area contributed by atoms with Crippen LogP contribution in [0.15, 0.2) is 24.3 Å². The Labute approximate surface area is 143 Å². The van der Waals surface area contributed by atoms with Gasteiger partial charge >= 0.3 is 13.3 Å². The Morgan fingerprint density at radius 1 is 1.17 bits per heavy atom. The predicted molar refractivity (Wildman–Crippen MR) is 92.1 cm³/mol. The van der Waals surface area contributed by atoms with Crippen molar-refractivity contribution in [3.63, 3.8) is 0 Å². The standard InChI is InChI=1S/C16H27BN2O2.CO2/c18-15(7-3-4-9-17(20)21)8-10-19-16-11-13-5-1-2-6-14(13)12-16;2-1-3/h1-2,5-6,15-16,19-21H,3-4,7-12,18H2;. The predicted octanol–water partition coefficient (Wildman–Crippen LogP) is 0.520. The number of hydrogen-bond acceptors (Lipinski definition) is 6. The van der Waals surface area contributed by atoms with Crippen molar-refractivity contribution in [3.8, 4) is 0 Å². The molecule has 0 fully saturated rings. The van der Waals surface area contributed by atoms with Crippen molar-refractivity contribution >= 4 is 13.3 Å². The van der Waals surface area contributed by atoms with Crippen LogP contribution in [0.5, 0.6) is 0 Å². The maximum Gasteiger partial charge on any atom is 0.451 e. The summed E-state index contributed by atoms with van der Waals surface area (Å²) in [6.07, 6.45) is 6.68. The Bertz CT molecular complexity index is 482. The highest BCUT2D eigenvalue weighted by atomic mass is 16.4. The first kappa shape index (κ1) is 20.5. The van der Waals surface area contributed by atoms with Crippen LogP contribution in [0.25, 0.3) is 0 Å². The van der Waals surface area contributed by atoms with Gasteiger partial charge in [0.05, 0.1) is 0 Å². The zero-order valence-corrected chi connectivity index (χ0v) is 14.0. The van der Waals surface area contributed by atoms with E-state index in [1.807, 2.05) is 0 Å². The zero-order chi connectivity index (χ0) is 17.8. The number of unbranched alkanes of at least 4 members (excludes halogenated alkanes) is 1. The highest BCUT2D eigenvalue weighted by molar-refractivity contribution is 6.40. The summed E-state index contributed by atoms with van der Waals surface area (Å²) in [6.45, 7) is 0.961. The van der Waals surface area contributed by atoms with Crippen LogP contribution >= 0.6 is 0 Å². The second kappa shape index (κ2) is 12.0. The molecule has 0 heterocycles. The van der Waals surface area contributed by atoms with Gasteiger partial charge in [0.15, 0.2) is 0 Å². The molecule has 0 saturated carbocycles. The van der Waals surface area contributed by atoms with Crippen molar-refractivity contribution < 1.29 is 19.6 Å². The van der Waals surface area contributed by atoms with Crippen LogP contribution < -0.4 is 11.1 Å². The molecule has 1 aromatic rings. The summed E-state index contributed by atoms with van der Waals surface area (Å²) in [6, 6.07) is 9.42. The van der Waals surface area contributed by atoms with Gasteiger partial charge in [0, 0.05) is 12.1 Å². The van der Waals surface area contributed by atoms with Crippen LogP contribution in [-0.4, -0.2) is 41.9 Å². The van der Waals surface area contributed by atoms with E-state index >= 15 is 0 Å². The van der Waals surface area contributed by atoms with Crippen LogP contribution in [0.1, 0.15) is 36.8 Å². The lowest BCUT2D eigenvalue weighted by Gasteiger charge is -2.15. The van der Waals surface area contributed by atoms with E-state index in [1.54, 1.807) is 0 Å². The summed E-state index contributed by atoms with van der Waals surface area (Å²) in [5, 5.41) is 21.1. The lowest BCUT2D eigenvalue weighted by atomic mass is 9.83. The summed E-state index contributed by atoms with van der Waals surface area (Å²) >= 11 is 0. The fourth-order valence-corrected chi connectivity index (χ4v) is 3.05. The van der Waals surface area contributed by atoms with Crippen LogP contribution in [-0.2, 0) is 22.4 Å². The molecule has 1 aliphatic rings. The molecule has 1 aromatic carbocycles. The molecule has 0 bridgehead atoms. The first-order valence-corrected chi connectivity index (χ1v) is 8.48. The van der Waals surface area contributed by atoms with Gasteiger partial charge in [-0.2, -0.15) is 9.59 Å².